The number of ether oxygens (including phenoxy) is 1. The van der Waals surface area contributed by atoms with Crippen LogP contribution in [-0.4, -0.2) is 58.4 Å². The van der Waals surface area contributed by atoms with E-state index in [4.69, 9.17) is 9.84 Å². The van der Waals surface area contributed by atoms with Gasteiger partial charge in [0.2, 0.25) is 0 Å². The highest BCUT2D eigenvalue weighted by Crippen LogP contribution is 2.23. The van der Waals surface area contributed by atoms with E-state index in [0.717, 1.165) is 4.90 Å². The number of hydrogen-bond acceptors (Lipinski definition) is 4. The predicted octanol–water partition coefficient (Wildman–Crippen LogP) is 1.13. The van der Waals surface area contributed by atoms with Gasteiger partial charge in [-0.15, -0.1) is 0 Å². The van der Waals surface area contributed by atoms with E-state index in [-0.39, 0.29) is 13.0 Å². The average molecular weight is 326 g/mol. The summed E-state index contributed by atoms with van der Waals surface area (Å²) in [7, 11) is 0. The Labute approximate surface area is 124 Å². The Balaban J connectivity index is 2.80. The quantitative estimate of drug-likeness (QED) is 0.793. The zero-order valence-electron chi connectivity index (χ0n) is 12.2. The third kappa shape index (κ3) is 4.78. The summed E-state index contributed by atoms with van der Waals surface area (Å²) < 4.78 is 41.6. The molecular formula is C12H17F3N2O5. The van der Waals surface area contributed by atoms with Gasteiger partial charge in [-0.2, -0.15) is 13.2 Å². The number of aliphatic carboxylic acids is 1. The van der Waals surface area contributed by atoms with Crippen LogP contribution >= 0.6 is 0 Å². The number of halogens is 3. The van der Waals surface area contributed by atoms with Crippen molar-refractivity contribution in [3.05, 3.63) is 0 Å². The Morgan fingerprint density at radius 2 is 1.77 bits per heavy atom. The average Bonchev–Trinajstić information content (AvgIpc) is 2.69. The predicted molar refractivity (Wildman–Crippen MR) is 67.0 cm³/mol. The molecule has 0 aromatic heterocycles. The highest BCUT2D eigenvalue weighted by molar-refractivity contribution is 5.84. The molecule has 0 aliphatic carbocycles. The van der Waals surface area contributed by atoms with Crippen LogP contribution in [0.2, 0.25) is 0 Å². The van der Waals surface area contributed by atoms with Crippen LogP contribution in [0.15, 0.2) is 0 Å². The number of amides is 2. The molecular weight excluding hydrogens is 309 g/mol. The first-order valence-corrected chi connectivity index (χ1v) is 6.41. The molecule has 0 saturated carbocycles. The van der Waals surface area contributed by atoms with Crippen molar-refractivity contribution in [3.63, 3.8) is 0 Å². The summed E-state index contributed by atoms with van der Waals surface area (Å²) in [6.07, 6.45) is -6.35. The van der Waals surface area contributed by atoms with Gasteiger partial charge in [0.15, 0.2) is 0 Å². The third-order valence-corrected chi connectivity index (χ3v) is 2.81. The van der Waals surface area contributed by atoms with Crippen molar-refractivity contribution in [1.29, 1.82) is 0 Å². The number of carboxylic acid groups (broad SMARTS) is 1. The summed E-state index contributed by atoms with van der Waals surface area (Å²) in [5, 5.41) is 10.7. The maximum atomic E-state index is 12.2. The smallest absolute Gasteiger partial charge is 0.471 e. The molecule has 7 nitrogen and oxygen atoms in total. The van der Waals surface area contributed by atoms with Crippen LogP contribution in [-0.2, 0) is 14.3 Å². The van der Waals surface area contributed by atoms with Crippen molar-refractivity contribution < 1.29 is 37.4 Å². The van der Waals surface area contributed by atoms with Gasteiger partial charge in [-0.1, -0.05) is 0 Å². The Morgan fingerprint density at radius 1 is 1.23 bits per heavy atom. The molecule has 1 saturated heterocycles. The van der Waals surface area contributed by atoms with Crippen molar-refractivity contribution >= 4 is 18.0 Å². The summed E-state index contributed by atoms with van der Waals surface area (Å²) in [5.74, 6) is -3.55. The second-order valence-corrected chi connectivity index (χ2v) is 5.89. The summed E-state index contributed by atoms with van der Waals surface area (Å²) in [4.78, 5) is 34.7. The second kappa shape index (κ2) is 6.01. The minimum absolute atomic E-state index is 0.323. The number of likely N-dealkylation sites (tertiary alicyclic amines) is 1. The summed E-state index contributed by atoms with van der Waals surface area (Å²) in [5.41, 5.74) is -0.882. The van der Waals surface area contributed by atoms with E-state index in [1.165, 1.54) is 0 Å². The first kappa shape index (κ1) is 18.1. The second-order valence-electron chi connectivity index (χ2n) is 5.89. The summed E-state index contributed by atoms with van der Waals surface area (Å²) >= 11 is 0. The minimum atomic E-state index is -5.07. The van der Waals surface area contributed by atoms with Gasteiger partial charge in [-0.3, -0.25) is 9.69 Å². The van der Waals surface area contributed by atoms with Gasteiger partial charge in [0, 0.05) is 19.0 Å². The lowest BCUT2D eigenvalue weighted by molar-refractivity contribution is -0.174. The Bertz CT molecular complexity index is 472. The standard InChI is InChI=1S/C12H17F3N2O5/c1-11(2,3)22-10(21)17-5-6(4-7(17)8(18)19)16-9(20)12(13,14)15/h6-7H,4-5H2,1-3H3,(H,16,20)(H,18,19)/t6-,7?/m0/s1. The van der Waals surface area contributed by atoms with E-state index in [9.17, 15) is 27.6 Å². The lowest BCUT2D eigenvalue weighted by Crippen LogP contribution is -2.45. The molecule has 0 bridgehead atoms. The summed E-state index contributed by atoms with van der Waals surface area (Å²) in [6, 6.07) is -2.46. The van der Waals surface area contributed by atoms with Crippen molar-refractivity contribution in [1.82, 2.24) is 10.2 Å². The van der Waals surface area contributed by atoms with Crippen LogP contribution in [0, 0.1) is 0 Å². The van der Waals surface area contributed by atoms with E-state index >= 15 is 0 Å². The maximum Gasteiger partial charge on any atom is 0.471 e. The van der Waals surface area contributed by atoms with Crippen molar-refractivity contribution in [2.24, 2.45) is 0 Å². The zero-order valence-corrected chi connectivity index (χ0v) is 12.2. The lowest BCUT2D eigenvalue weighted by atomic mass is 10.1. The number of alkyl halides is 3. The molecule has 1 heterocycles. The minimum Gasteiger partial charge on any atom is -0.480 e. The van der Waals surface area contributed by atoms with Gasteiger partial charge in [0.1, 0.15) is 11.6 Å². The number of hydrogen-bond donors (Lipinski definition) is 2. The number of nitrogens with one attached hydrogen (secondary N) is 1. The molecule has 10 heteroatoms. The molecule has 2 N–H and O–H groups in total. The SMILES string of the molecule is CC(C)(C)OC(=O)N1C[C@@H](NC(=O)C(F)(F)F)CC1C(=O)O. The number of carbonyl (C=O) groups is 3. The number of nitrogens with zero attached hydrogens (tertiary/aromatic N) is 1. The third-order valence-electron chi connectivity index (χ3n) is 2.81. The fourth-order valence-corrected chi connectivity index (χ4v) is 1.96. The Kier molecular flexibility index (Phi) is 4.93. The first-order valence-electron chi connectivity index (χ1n) is 6.41. The van der Waals surface area contributed by atoms with E-state index in [1.54, 1.807) is 26.1 Å². The topological polar surface area (TPSA) is 95.9 Å². The monoisotopic (exact) mass is 326 g/mol. The summed E-state index contributed by atoms with van der Waals surface area (Å²) in [6.45, 7) is 4.34. The first-order chi connectivity index (χ1) is 9.81. The molecule has 0 radical (unpaired) electrons. The molecule has 1 fully saturated rings. The van der Waals surface area contributed by atoms with Crippen LogP contribution in [0.3, 0.4) is 0 Å². The largest absolute Gasteiger partial charge is 0.480 e. The van der Waals surface area contributed by atoms with Crippen LogP contribution in [0.1, 0.15) is 27.2 Å². The Hall–Kier alpha value is -2.00. The number of carboxylic acids is 1. The van der Waals surface area contributed by atoms with Crippen molar-refractivity contribution in [2.75, 3.05) is 6.54 Å². The van der Waals surface area contributed by atoms with Crippen LogP contribution in [0.25, 0.3) is 0 Å². The molecule has 0 spiro atoms. The molecule has 1 aliphatic heterocycles. The van der Waals surface area contributed by atoms with E-state index < -0.39 is 41.8 Å². The van der Waals surface area contributed by atoms with Gasteiger partial charge >= 0.3 is 24.1 Å². The van der Waals surface area contributed by atoms with E-state index in [1.807, 2.05) is 0 Å². The van der Waals surface area contributed by atoms with Crippen LogP contribution < -0.4 is 5.32 Å². The van der Waals surface area contributed by atoms with Gasteiger partial charge < -0.3 is 15.2 Å². The molecule has 0 aromatic carbocycles. The van der Waals surface area contributed by atoms with Crippen molar-refractivity contribution in [2.45, 2.75) is 51.1 Å². The lowest BCUT2D eigenvalue weighted by Gasteiger charge is -2.26. The van der Waals surface area contributed by atoms with Gasteiger partial charge in [-0.05, 0) is 20.8 Å². The molecule has 1 rings (SSSR count). The molecule has 22 heavy (non-hydrogen) atoms. The molecule has 1 aliphatic rings. The van der Waals surface area contributed by atoms with Gasteiger partial charge in [0.05, 0.1) is 0 Å². The van der Waals surface area contributed by atoms with Gasteiger partial charge in [0.25, 0.3) is 0 Å². The van der Waals surface area contributed by atoms with Crippen molar-refractivity contribution in [3.8, 4) is 0 Å². The fraction of sp³-hybridized carbons (Fsp3) is 0.750. The molecule has 126 valence electrons. The number of rotatable bonds is 2. The van der Waals surface area contributed by atoms with E-state index in [0.29, 0.717) is 0 Å². The number of carbonyl (C=O) groups excluding carboxylic acids is 2. The molecule has 2 atom stereocenters. The molecule has 0 aromatic rings. The van der Waals surface area contributed by atoms with Crippen LogP contribution in [0.4, 0.5) is 18.0 Å². The molecule has 1 unspecified atom stereocenters. The Morgan fingerprint density at radius 3 is 2.18 bits per heavy atom. The maximum absolute atomic E-state index is 12.2. The van der Waals surface area contributed by atoms with E-state index in [2.05, 4.69) is 0 Å². The van der Waals surface area contributed by atoms with Crippen LogP contribution in [0.5, 0.6) is 0 Å². The highest BCUT2D eigenvalue weighted by atomic mass is 19.4. The normalized spacial score (nSPS) is 22.4. The molecule has 2 amide bonds. The van der Waals surface area contributed by atoms with Gasteiger partial charge in [-0.25, -0.2) is 9.59 Å². The highest BCUT2D eigenvalue weighted by Gasteiger charge is 2.45. The fourth-order valence-electron chi connectivity index (χ4n) is 1.96. The zero-order chi connectivity index (χ0) is 17.3.